The number of hydrogen-bond acceptors (Lipinski definition) is 5. The third kappa shape index (κ3) is 7.17. The molecular weight excluding hydrogens is 476 g/mol. The number of rotatable bonds is 10. The molecule has 38 heavy (non-hydrogen) atoms. The predicted octanol–water partition coefficient (Wildman–Crippen LogP) is 5.81. The fourth-order valence-electron chi connectivity index (χ4n) is 5.45. The Bertz CT molecular complexity index is 1120. The molecule has 2 aromatic rings. The molecule has 1 aliphatic carbocycles. The molecule has 2 aromatic carbocycles. The first kappa shape index (κ1) is 28.2. The number of carbonyl (C=O) groups excluding carboxylic acids is 1. The van der Waals surface area contributed by atoms with Crippen molar-refractivity contribution in [2.45, 2.75) is 102 Å². The van der Waals surface area contributed by atoms with Gasteiger partial charge in [-0.3, -0.25) is 0 Å². The second-order valence-electron chi connectivity index (χ2n) is 11.9. The van der Waals surface area contributed by atoms with Gasteiger partial charge in [0.1, 0.15) is 17.0 Å². The van der Waals surface area contributed by atoms with E-state index in [-0.39, 0.29) is 11.6 Å². The number of aliphatic hydroxyl groups is 1. The van der Waals surface area contributed by atoms with Gasteiger partial charge in [-0.15, -0.1) is 6.58 Å². The average Bonchev–Trinajstić information content (AvgIpc) is 2.84. The molecule has 0 bridgehead atoms. The Morgan fingerprint density at radius 3 is 2.63 bits per heavy atom. The van der Waals surface area contributed by atoms with Crippen molar-refractivity contribution in [1.82, 2.24) is 10.6 Å². The zero-order valence-electron chi connectivity index (χ0n) is 23.4. The third-order valence-corrected chi connectivity index (χ3v) is 7.59. The van der Waals surface area contributed by atoms with Gasteiger partial charge < -0.3 is 25.2 Å². The molecule has 0 radical (unpaired) electrons. The van der Waals surface area contributed by atoms with Gasteiger partial charge in [0.15, 0.2) is 0 Å². The summed E-state index contributed by atoms with van der Waals surface area (Å²) in [4.78, 5) is 12.7. The predicted molar refractivity (Wildman–Crippen MR) is 152 cm³/mol. The van der Waals surface area contributed by atoms with E-state index in [4.69, 9.17) is 9.47 Å². The summed E-state index contributed by atoms with van der Waals surface area (Å²) in [5.41, 5.74) is 3.89. The van der Waals surface area contributed by atoms with Gasteiger partial charge in [0.05, 0.1) is 12.1 Å². The maximum Gasteiger partial charge on any atom is 0.407 e. The van der Waals surface area contributed by atoms with Gasteiger partial charge in [-0.05, 0) is 82.1 Å². The molecule has 6 heteroatoms. The summed E-state index contributed by atoms with van der Waals surface area (Å²) >= 11 is 0. The standard InChI is InChI=1S/C32H44N2O4/c1-6-10-23-11-8-12-24(17-23)19-26(34-30(36)38-31(3,4)5)28(35)21-33-27-20-32(15-9-16-32)37-29-14-13-22(7-2)18-25(27)29/h6,8,11-14,17-18,26-28,33,35H,1,7,9-10,15-16,19-21H2,2-5H3,(H,34,36)/t26-,27-,28+/m0/s1. The summed E-state index contributed by atoms with van der Waals surface area (Å²) in [5, 5.41) is 18.0. The zero-order chi connectivity index (χ0) is 27.3. The number of aliphatic hydroxyl groups excluding tert-OH is 1. The second-order valence-corrected chi connectivity index (χ2v) is 11.9. The first-order valence-electron chi connectivity index (χ1n) is 14.0. The SMILES string of the molecule is C=CCc1cccc(C[C@H](NC(=O)OC(C)(C)C)[C@H](O)CN[C@H]2CC3(CCC3)Oc3ccc(CC)cc32)c1. The molecule has 0 saturated heterocycles. The van der Waals surface area contributed by atoms with E-state index in [0.29, 0.717) is 13.0 Å². The van der Waals surface area contributed by atoms with Crippen LogP contribution in [-0.2, 0) is 24.0 Å². The van der Waals surface area contributed by atoms with Crippen molar-refractivity contribution in [2.75, 3.05) is 6.54 Å². The van der Waals surface area contributed by atoms with E-state index >= 15 is 0 Å². The molecule has 206 valence electrons. The van der Waals surface area contributed by atoms with E-state index in [1.807, 2.05) is 39.0 Å². The molecular formula is C32H44N2O4. The van der Waals surface area contributed by atoms with Crippen LogP contribution < -0.4 is 15.4 Å². The third-order valence-electron chi connectivity index (χ3n) is 7.59. The Morgan fingerprint density at radius 2 is 1.97 bits per heavy atom. The minimum Gasteiger partial charge on any atom is -0.487 e. The lowest BCUT2D eigenvalue weighted by molar-refractivity contribution is -0.0382. The highest BCUT2D eigenvalue weighted by molar-refractivity contribution is 5.68. The van der Waals surface area contributed by atoms with Crippen LogP contribution in [0.5, 0.6) is 5.75 Å². The Kier molecular flexibility index (Phi) is 8.84. The van der Waals surface area contributed by atoms with Crippen LogP contribution in [0, 0.1) is 0 Å². The van der Waals surface area contributed by atoms with E-state index in [2.05, 4.69) is 54.5 Å². The summed E-state index contributed by atoms with van der Waals surface area (Å²) in [6.07, 6.45) is 6.94. The van der Waals surface area contributed by atoms with Crippen molar-refractivity contribution in [3.8, 4) is 5.75 Å². The zero-order valence-corrected chi connectivity index (χ0v) is 23.4. The van der Waals surface area contributed by atoms with Gasteiger partial charge in [0, 0.05) is 24.6 Å². The second kappa shape index (κ2) is 11.9. The number of benzene rings is 2. The number of hydrogen-bond donors (Lipinski definition) is 3. The summed E-state index contributed by atoms with van der Waals surface area (Å²) in [6.45, 7) is 11.8. The van der Waals surface area contributed by atoms with Crippen LogP contribution in [0.4, 0.5) is 4.79 Å². The summed E-state index contributed by atoms with van der Waals surface area (Å²) in [6, 6.07) is 14.2. The number of ether oxygens (including phenoxy) is 2. The molecule has 0 unspecified atom stereocenters. The van der Waals surface area contributed by atoms with Crippen molar-refractivity contribution in [3.05, 3.63) is 77.4 Å². The lowest BCUT2D eigenvalue weighted by Crippen LogP contribution is -2.52. The molecule has 3 atom stereocenters. The molecule has 1 heterocycles. The van der Waals surface area contributed by atoms with Crippen LogP contribution in [0.15, 0.2) is 55.1 Å². The molecule has 1 aliphatic heterocycles. The highest BCUT2D eigenvalue weighted by atomic mass is 16.6. The molecule has 6 nitrogen and oxygen atoms in total. The number of carbonyl (C=O) groups is 1. The highest BCUT2D eigenvalue weighted by Crippen LogP contribution is 2.49. The van der Waals surface area contributed by atoms with E-state index in [9.17, 15) is 9.90 Å². The number of fused-ring (bicyclic) bond motifs is 1. The summed E-state index contributed by atoms with van der Waals surface area (Å²) < 4.78 is 12.0. The van der Waals surface area contributed by atoms with Crippen molar-refractivity contribution in [1.29, 1.82) is 0 Å². The average molecular weight is 521 g/mol. The Balaban J connectivity index is 1.50. The normalized spacial score (nSPS) is 19.4. The van der Waals surface area contributed by atoms with E-state index in [1.165, 1.54) is 12.0 Å². The van der Waals surface area contributed by atoms with E-state index in [1.54, 1.807) is 0 Å². The monoisotopic (exact) mass is 520 g/mol. The van der Waals surface area contributed by atoms with Gasteiger partial charge in [-0.1, -0.05) is 49.4 Å². The van der Waals surface area contributed by atoms with Gasteiger partial charge in [-0.2, -0.15) is 0 Å². The first-order valence-corrected chi connectivity index (χ1v) is 14.0. The maximum absolute atomic E-state index is 12.7. The molecule has 1 saturated carbocycles. The highest BCUT2D eigenvalue weighted by Gasteiger charge is 2.45. The van der Waals surface area contributed by atoms with Crippen LogP contribution in [-0.4, -0.2) is 41.1 Å². The minimum absolute atomic E-state index is 0.0818. The van der Waals surface area contributed by atoms with Gasteiger partial charge in [0.2, 0.25) is 0 Å². The smallest absolute Gasteiger partial charge is 0.407 e. The molecule has 1 fully saturated rings. The number of aryl methyl sites for hydroxylation is 1. The van der Waals surface area contributed by atoms with Crippen LogP contribution in [0.25, 0.3) is 0 Å². The van der Waals surface area contributed by atoms with Crippen molar-refractivity contribution >= 4 is 6.09 Å². The van der Waals surface area contributed by atoms with Crippen molar-refractivity contribution < 1.29 is 19.4 Å². The quantitative estimate of drug-likeness (QED) is 0.345. The van der Waals surface area contributed by atoms with Gasteiger partial charge in [-0.25, -0.2) is 4.79 Å². The fraction of sp³-hybridized carbons (Fsp3) is 0.531. The van der Waals surface area contributed by atoms with Crippen LogP contribution in [0.1, 0.15) is 81.7 Å². The number of alkyl carbamates (subject to hydrolysis) is 1. The Morgan fingerprint density at radius 1 is 1.21 bits per heavy atom. The number of amides is 1. The number of nitrogens with one attached hydrogen (secondary N) is 2. The van der Waals surface area contributed by atoms with Crippen molar-refractivity contribution in [3.63, 3.8) is 0 Å². The molecule has 1 spiro atoms. The number of allylic oxidation sites excluding steroid dienone is 1. The van der Waals surface area contributed by atoms with E-state index in [0.717, 1.165) is 54.5 Å². The first-order chi connectivity index (χ1) is 18.1. The fourth-order valence-corrected chi connectivity index (χ4v) is 5.45. The molecule has 2 aliphatic rings. The Labute approximate surface area is 227 Å². The van der Waals surface area contributed by atoms with E-state index < -0.39 is 23.8 Å². The largest absolute Gasteiger partial charge is 0.487 e. The molecule has 4 rings (SSSR count). The molecule has 3 N–H and O–H groups in total. The van der Waals surface area contributed by atoms with Gasteiger partial charge in [0.25, 0.3) is 0 Å². The topological polar surface area (TPSA) is 79.8 Å². The maximum atomic E-state index is 12.7. The molecule has 1 amide bonds. The minimum atomic E-state index is -0.816. The van der Waals surface area contributed by atoms with Crippen LogP contribution in [0.3, 0.4) is 0 Å². The lowest BCUT2D eigenvalue weighted by atomic mass is 9.72. The summed E-state index contributed by atoms with van der Waals surface area (Å²) in [5.74, 6) is 0.947. The Hall–Kier alpha value is -2.83. The summed E-state index contributed by atoms with van der Waals surface area (Å²) in [7, 11) is 0. The van der Waals surface area contributed by atoms with Crippen LogP contribution in [0.2, 0.25) is 0 Å². The van der Waals surface area contributed by atoms with Crippen LogP contribution >= 0.6 is 0 Å². The van der Waals surface area contributed by atoms with Gasteiger partial charge >= 0.3 is 6.09 Å². The van der Waals surface area contributed by atoms with Crippen molar-refractivity contribution in [2.24, 2.45) is 0 Å². The molecule has 0 aromatic heterocycles. The lowest BCUT2D eigenvalue weighted by Gasteiger charge is -2.48.